The van der Waals surface area contributed by atoms with Crippen molar-refractivity contribution in [1.82, 2.24) is 14.9 Å². The van der Waals surface area contributed by atoms with Crippen molar-refractivity contribution in [3.8, 4) is 0 Å². The molecule has 0 aromatic carbocycles. The van der Waals surface area contributed by atoms with Crippen molar-refractivity contribution in [1.29, 1.82) is 0 Å². The van der Waals surface area contributed by atoms with E-state index in [4.69, 9.17) is 5.73 Å². The summed E-state index contributed by atoms with van der Waals surface area (Å²) in [5, 5.41) is 6.51. The Morgan fingerprint density at radius 1 is 1.17 bits per heavy atom. The molecule has 2 aliphatic rings. The molecule has 2 amide bonds. The first-order valence-corrected chi connectivity index (χ1v) is 7.98. The molecule has 1 aromatic rings. The van der Waals surface area contributed by atoms with Crippen molar-refractivity contribution in [3.05, 3.63) is 11.8 Å². The number of nitrogens with one attached hydrogen (secondary N) is 2. The van der Waals surface area contributed by atoms with E-state index < -0.39 is 5.91 Å². The summed E-state index contributed by atoms with van der Waals surface area (Å²) in [5.41, 5.74) is 5.69. The molecule has 2 fully saturated rings. The fourth-order valence-corrected chi connectivity index (χ4v) is 2.68. The van der Waals surface area contributed by atoms with Crippen LogP contribution in [-0.2, 0) is 4.79 Å². The van der Waals surface area contributed by atoms with Gasteiger partial charge in [0.15, 0.2) is 0 Å². The number of carbonyl (C=O) groups excluding carboxylic acids is 2. The number of amides is 2. The summed E-state index contributed by atoms with van der Waals surface area (Å²) in [4.78, 5) is 33.3. The molecular weight excluding hydrogens is 296 g/mol. The average Bonchev–Trinajstić information content (AvgIpc) is 3.32. The lowest BCUT2D eigenvalue weighted by Gasteiger charge is -2.31. The predicted molar refractivity (Wildman–Crippen MR) is 86.1 cm³/mol. The van der Waals surface area contributed by atoms with Crippen LogP contribution < -0.4 is 16.4 Å². The van der Waals surface area contributed by atoms with E-state index in [2.05, 4.69) is 20.6 Å². The normalized spacial score (nSPS) is 18.6. The summed E-state index contributed by atoms with van der Waals surface area (Å²) in [6, 6.07) is 0.591. The highest BCUT2D eigenvalue weighted by Gasteiger charge is 2.25. The van der Waals surface area contributed by atoms with Gasteiger partial charge in [-0.3, -0.25) is 9.59 Å². The molecule has 1 aliphatic heterocycles. The van der Waals surface area contributed by atoms with Crippen LogP contribution in [0.5, 0.6) is 0 Å². The molecule has 2 heterocycles. The van der Waals surface area contributed by atoms with Crippen molar-refractivity contribution in [2.24, 2.45) is 5.73 Å². The number of anilines is 2. The number of primary amides is 1. The Morgan fingerprint density at radius 2 is 1.83 bits per heavy atom. The average molecular weight is 318 g/mol. The molecule has 8 nitrogen and oxygen atoms in total. The molecule has 8 heteroatoms. The predicted octanol–water partition coefficient (Wildman–Crippen LogP) is 0.573. The quantitative estimate of drug-likeness (QED) is 0.731. The van der Waals surface area contributed by atoms with Gasteiger partial charge < -0.3 is 21.3 Å². The highest BCUT2D eigenvalue weighted by Crippen LogP contribution is 2.26. The standard InChI is InChI=1S/C15H22N6O2/c1-9(22)21-6-4-11(5-7-21)19-15-17-8-12(13(16)23)14(20-15)18-10-2-3-10/h8,10-11H,2-7H2,1H3,(H2,16,23)(H2,17,18,19,20). The molecule has 0 bridgehead atoms. The molecule has 23 heavy (non-hydrogen) atoms. The lowest BCUT2D eigenvalue weighted by atomic mass is 10.1. The van der Waals surface area contributed by atoms with Gasteiger partial charge in [-0.15, -0.1) is 0 Å². The van der Waals surface area contributed by atoms with Crippen LogP contribution in [0, 0.1) is 0 Å². The maximum atomic E-state index is 11.5. The van der Waals surface area contributed by atoms with E-state index in [9.17, 15) is 9.59 Å². The van der Waals surface area contributed by atoms with Crippen LogP contribution in [0.25, 0.3) is 0 Å². The lowest BCUT2D eigenvalue weighted by molar-refractivity contribution is -0.129. The van der Waals surface area contributed by atoms with E-state index >= 15 is 0 Å². The summed E-state index contributed by atoms with van der Waals surface area (Å²) in [6.45, 7) is 3.06. The van der Waals surface area contributed by atoms with Crippen LogP contribution in [0.4, 0.5) is 11.8 Å². The van der Waals surface area contributed by atoms with Gasteiger partial charge in [-0.05, 0) is 25.7 Å². The molecule has 1 aromatic heterocycles. The molecule has 0 radical (unpaired) electrons. The van der Waals surface area contributed by atoms with Crippen LogP contribution in [0.2, 0.25) is 0 Å². The molecule has 0 unspecified atom stereocenters. The summed E-state index contributed by atoms with van der Waals surface area (Å²) < 4.78 is 0. The number of likely N-dealkylation sites (tertiary alicyclic amines) is 1. The number of piperidine rings is 1. The van der Waals surface area contributed by atoms with Crippen LogP contribution in [0.15, 0.2) is 6.20 Å². The molecule has 1 saturated carbocycles. The second kappa shape index (κ2) is 6.39. The van der Waals surface area contributed by atoms with Gasteiger partial charge in [-0.2, -0.15) is 4.98 Å². The maximum absolute atomic E-state index is 11.5. The molecule has 3 rings (SSSR count). The van der Waals surface area contributed by atoms with Gasteiger partial charge in [0.1, 0.15) is 5.82 Å². The van der Waals surface area contributed by atoms with E-state index in [0.29, 0.717) is 23.4 Å². The highest BCUT2D eigenvalue weighted by atomic mass is 16.2. The number of rotatable bonds is 5. The maximum Gasteiger partial charge on any atom is 0.254 e. The number of hydrogen-bond donors (Lipinski definition) is 3. The third-order valence-electron chi connectivity index (χ3n) is 4.25. The first-order valence-electron chi connectivity index (χ1n) is 7.98. The Morgan fingerprint density at radius 3 is 2.39 bits per heavy atom. The van der Waals surface area contributed by atoms with Gasteiger partial charge in [0.05, 0.1) is 5.56 Å². The van der Waals surface area contributed by atoms with Gasteiger partial charge in [-0.1, -0.05) is 0 Å². The van der Waals surface area contributed by atoms with E-state index in [0.717, 1.165) is 38.8 Å². The van der Waals surface area contributed by atoms with Crippen molar-refractivity contribution in [3.63, 3.8) is 0 Å². The largest absolute Gasteiger partial charge is 0.367 e. The summed E-state index contributed by atoms with van der Waals surface area (Å²) in [6.07, 6.45) is 5.33. The number of aromatic nitrogens is 2. The fraction of sp³-hybridized carbons (Fsp3) is 0.600. The zero-order chi connectivity index (χ0) is 16.4. The van der Waals surface area contributed by atoms with E-state index in [1.807, 2.05) is 4.90 Å². The topological polar surface area (TPSA) is 113 Å². The van der Waals surface area contributed by atoms with Gasteiger partial charge in [-0.25, -0.2) is 4.98 Å². The van der Waals surface area contributed by atoms with Crippen LogP contribution in [0.1, 0.15) is 43.0 Å². The zero-order valence-electron chi connectivity index (χ0n) is 13.2. The summed E-state index contributed by atoms with van der Waals surface area (Å²) in [7, 11) is 0. The molecular formula is C15H22N6O2. The van der Waals surface area contributed by atoms with E-state index in [1.165, 1.54) is 6.20 Å². The molecule has 124 valence electrons. The second-order valence-corrected chi connectivity index (χ2v) is 6.16. The van der Waals surface area contributed by atoms with Crippen LogP contribution in [-0.4, -0.2) is 51.9 Å². The lowest BCUT2D eigenvalue weighted by Crippen LogP contribution is -2.41. The van der Waals surface area contributed by atoms with Crippen LogP contribution in [0.3, 0.4) is 0 Å². The Kier molecular flexibility index (Phi) is 4.31. The Labute approximate surface area is 134 Å². The zero-order valence-corrected chi connectivity index (χ0v) is 13.2. The summed E-state index contributed by atoms with van der Waals surface area (Å²) >= 11 is 0. The van der Waals surface area contributed by atoms with Crippen molar-refractivity contribution >= 4 is 23.6 Å². The van der Waals surface area contributed by atoms with Crippen LogP contribution >= 0.6 is 0 Å². The molecule has 4 N–H and O–H groups in total. The third-order valence-corrected chi connectivity index (χ3v) is 4.25. The minimum absolute atomic E-state index is 0.112. The first kappa shape index (κ1) is 15.5. The van der Waals surface area contributed by atoms with Gasteiger partial charge in [0.2, 0.25) is 11.9 Å². The number of nitrogens with two attached hydrogens (primary N) is 1. The number of nitrogens with zero attached hydrogens (tertiary/aromatic N) is 3. The van der Waals surface area contributed by atoms with Gasteiger partial charge >= 0.3 is 0 Å². The smallest absolute Gasteiger partial charge is 0.254 e. The number of carbonyl (C=O) groups is 2. The second-order valence-electron chi connectivity index (χ2n) is 6.16. The Bertz CT molecular complexity index is 608. The molecule has 0 spiro atoms. The SMILES string of the molecule is CC(=O)N1CCC(Nc2ncc(C(N)=O)c(NC3CC3)n2)CC1. The minimum Gasteiger partial charge on any atom is -0.367 e. The van der Waals surface area contributed by atoms with E-state index in [1.54, 1.807) is 6.92 Å². The van der Waals surface area contributed by atoms with E-state index in [-0.39, 0.29) is 11.9 Å². The third kappa shape index (κ3) is 3.88. The molecule has 1 aliphatic carbocycles. The van der Waals surface area contributed by atoms with Crippen molar-refractivity contribution < 1.29 is 9.59 Å². The molecule has 0 atom stereocenters. The minimum atomic E-state index is -0.533. The molecule has 1 saturated heterocycles. The van der Waals surface area contributed by atoms with Gasteiger partial charge in [0, 0.05) is 38.3 Å². The van der Waals surface area contributed by atoms with Crippen molar-refractivity contribution in [2.75, 3.05) is 23.7 Å². The number of hydrogen-bond acceptors (Lipinski definition) is 6. The van der Waals surface area contributed by atoms with Crippen molar-refractivity contribution in [2.45, 2.75) is 44.7 Å². The first-order chi connectivity index (χ1) is 11.0. The summed E-state index contributed by atoms with van der Waals surface area (Å²) in [5.74, 6) is 0.564. The highest BCUT2D eigenvalue weighted by molar-refractivity contribution is 5.97. The Balaban J connectivity index is 1.66. The van der Waals surface area contributed by atoms with Gasteiger partial charge in [0.25, 0.3) is 5.91 Å². The monoisotopic (exact) mass is 318 g/mol. The fourth-order valence-electron chi connectivity index (χ4n) is 2.68. The Hall–Kier alpha value is -2.38.